The minimum atomic E-state index is 0.858. The van der Waals surface area contributed by atoms with Gasteiger partial charge in [-0.2, -0.15) is 0 Å². The van der Waals surface area contributed by atoms with Crippen molar-refractivity contribution in [2.45, 2.75) is 27.2 Å². The molecule has 0 spiro atoms. The van der Waals surface area contributed by atoms with E-state index >= 15 is 0 Å². The molecule has 0 bridgehead atoms. The quantitative estimate of drug-likeness (QED) is 0.801. The van der Waals surface area contributed by atoms with Gasteiger partial charge in [-0.05, 0) is 43.5 Å². The Morgan fingerprint density at radius 1 is 1.10 bits per heavy atom. The Balaban J connectivity index is 2.28. The first kappa shape index (κ1) is 13.5. The summed E-state index contributed by atoms with van der Waals surface area (Å²) in [5, 5.41) is 3.13. The van der Waals surface area contributed by atoms with Crippen molar-refractivity contribution in [3.8, 4) is 5.82 Å². The van der Waals surface area contributed by atoms with E-state index in [0.29, 0.717) is 0 Å². The second-order valence-corrected chi connectivity index (χ2v) is 5.17. The Morgan fingerprint density at radius 3 is 2.57 bits per heavy atom. The molecule has 3 aromatic rings. The van der Waals surface area contributed by atoms with Crippen LogP contribution in [0.2, 0.25) is 0 Å². The zero-order chi connectivity index (χ0) is 15.0. The van der Waals surface area contributed by atoms with Gasteiger partial charge in [-0.1, -0.05) is 6.92 Å². The highest BCUT2D eigenvalue weighted by molar-refractivity contribution is 5.79. The van der Waals surface area contributed by atoms with Crippen molar-refractivity contribution in [2.75, 3.05) is 12.4 Å². The normalized spacial score (nSPS) is 11.0. The van der Waals surface area contributed by atoms with Crippen molar-refractivity contribution in [2.24, 2.45) is 0 Å². The number of anilines is 1. The SMILES string of the molecule is CCc1c(NC)ncnc1-n1cnc2cc(C)c(C)cc21. The summed E-state index contributed by atoms with van der Waals surface area (Å²) >= 11 is 0. The third-order valence-corrected chi connectivity index (χ3v) is 3.90. The molecule has 5 nitrogen and oxygen atoms in total. The molecule has 108 valence electrons. The summed E-state index contributed by atoms with van der Waals surface area (Å²) in [5.41, 5.74) is 5.67. The highest BCUT2D eigenvalue weighted by Crippen LogP contribution is 2.25. The molecule has 0 saturated carbocycles. The van der Waals surface area contributed by atoms with Gasteiger partial charge in [0.1, 0.15) is 24.3 Å². The van der Waals surface area contributed by atoms with Crippen LogP contribution in [0.4, 0.5) is 5.82 Å². The fourth-order valence-corrected chi connectivity index (χ4v) is 2.58. The molecule has 0 aliphatic rings. The van der Waals surface area contributed by atoms with Crippen LogP contribution in [-0.2, 0) is 6.42 Å². The van der Waals surface area contributed by atoms with E-state index in [1.807, 2.05) is 17.9 Å². The fourth-order valence-electron chi connectivity index (χ4n) is 2.58. The van der Waals surface area contributed by atoms with Crippen molar-refractivity contribution < 1.29 is 0 Å². The summed E-state index contributed by atoms with van der Waals surface area (Å²) in [4.78, 5) is 13.3. The standard InChI is InChI=1S/C16H19N5/c1-5-12-15(17-4)18-8-19-16(12)21-9-20-13-6-10(2)11(3)7-14(13)21/h6-9H,5H2,1-4H3,(H,17,18,19). The molecule has 0 aliphatic carbocycles. The molecular formula is C16H19N5. The average Bonchev–Trinajstić information content (AvgIpc) is 2.89. The molecule has 0 atom stereocenters. The number of hydrogen-bond donors (Lipinski definition) is 1. The lowest BCUT2D eigenvalue weighted by atomic mass is 10.1. The molecule has 1 aromatic carbocycles. The summed E-state index contributed by atoms with van der Waals surface area (Å²) in [6, 6.07) is 4.28. The molecule has 0 aliphatic heterocycles. The number of benzene rings is 1. The minimum absolute atomic E-state index is 0.858. The predicted molar refractivity (Wildman–Crippen MR) is 85.1 cm³/mol. The largest absolute Gasteiger partial charge is 0.373 e. The number of nitrogens with one attached hydrogen (secondary N) is 1. The van der Waals surface area contributed by atoms with Gasteiger partial charge >= 0.3 is 0 Å². The highest BCUT2D eigenvalue weighted by atomic mass is 15.1. The molecule has 2 heterocycles. The molecule has 5 heteroatoms. The number of fused-ring (bicyclic) bond motifs is 1. The number of nitrogens with zero attached hydrogens (tertiary/aromatic N) is 4. The maximum atomic E-state index is 4.51. The minimum Gasteiger partial charge on any atom is -0.373 e. The molecule has 0 fully saturated rings. The molecule has 0 saturated heterocycles. The lowest BCUT2D eigenvalue weighted by molar-refractivity contribution is 0.939. The predicted octanol–water partition coefficient (Wildman–Crippen LogP) is 3.04. The van der Waals surface area contributed by atoms with Gasteiger partial charge in [-0.15, -0.1) is 0 Å². The summed E-state index contributed by atoms with van der Waals surface area (Å²) in [6.07, 6.45) is 4.29. The summed E-state index contributed by atoms with van der Waals surface area (Å²) < 4.78 is 2.04. The van der Waals surface area contributed by atoms with Gasteiger partial charge in [0, 0.05) is 12.6 Å². The van der Waals surface area contributed by atoms with Crippen molar-refractivity contribution in [3.63, 3.8) is 0 Å². The van der Waals surface area contributed by atoms with Crippen LogP contribution in [0.1, 0.15) is 23.6 Å². The first-order valence-corrected chi connectivity index (χ1v) is 7.12. The van der Waals surface area contributed by atoms with E-state index < -0.39 is 0 Å². The molecule has 0 unspecified atom stereocenters. The van der Waals surface area contributed by atoms with E-state index in [1.54, 1.807) is 6.33 Å². The van der Waals surface area contributed by atoms with E-state index in [4.69, 9.17) is 0 Å². The monoisotopic (exact) mass is 281 g/mol. The van der Waals surface area contributed by atoms with Crippen LogP contribution in [-0.4, -0.2) is 26.6 Å². The second-order valence-electron chi connectivity index (χ2n) is 5.17. The van der Waals surface area contributed by atoms with Crippen LogP contribution in [0.25, 0.3) is 16.9 Å². The van der Waals surface area contributed by atoms with Crippen LogP contribution < -0.4 is 5.32 Å². The van der Waals surface area contributed by atoms with Gasteiger partial charge < -0.3 is 5.32 Å². The van der Waals surface area contributed by atoms with E-state index in [1.165, 1.54) is 11.1 Å². The van der Waals surface area contributed by atoms with E-state index in [9.17, 15) is 0 Å². The molecular weight excluding hydrogens is 262 g/mol. The van der Waals surface area contributed by atoms with Gasteiger partial charge in [0.2, 0.25) is 0 Å². The smallest absolute Gasteiger partial charge is 0.147 e. The van der Waals surface area contributed by atoms with Gasteiger partial charge in [-0.3, -0.25) is 4.57 Å². The Labute approximate surface area is 124 Å². The number of imidazole rings is 1. The number of rotatable bonds is 3. The summed E-state index contributed by atoms with van der Waals surface area (Å²) in [5.74, 6) is 1.76. The first-order chi connectivity index (χ1) is 10.2. The van der Waals surface area contributed by atoms with Gasteiger partial charge in [0.05, 0.1) is 11.0 Å². The maximum absolute atomic E-state index is 4.51. The lowest BCUT2D eigenvalue weighted by Crippen LogP contribution is -2.07. The van der Waals surface area contributed by atoms with Gasteiger partial charge in [-0.25, -0.2) is 15.0 Å². The zero-order valence-corrected chi connectivity index (χ0v) is 12.8. The van der Waals surface area contributed by atoms with Crippen molar-refractivity contribution in [1.82, 2.24) is 19.5 Å². The number of aryl methyl sites for hydroxylation is 2. The van der Waals surface area contributed by atoms with Crippen molar-refractivity contribution in [3.05, 3.63) is 41.5 Å². The summed E-state index contributed by atoms with van der Waals surface area (Å²) in [6.45, 7) is 6.33. The van der Waals surface area contributed by atoms with Crippen LogP contribution in [0, 0.1) is 13.8 Å². The Hall–Kier alpha value is -2.43. The molecule has 0 radical (unpaired) electrons. The van der Waals surface area contributed by atoms with Gasteiger partial charge in [0.25, 0.3) is 0 Å². The molecule has 21 heavy (non-hydrogen) atoms. The van der Waals surface area contributed by atoms with E-state index in [2.05, 4.69) is 53.2 Å². The maximum Gasteiger partial charge on any atom is 0.147 e. The Kier molecular flexibility index (Phi) is 3.33. The van der Waals surface area contributed by atoms with Crippen LogP contribution in [0.3, 0.4) is 0 Å². The molecule has 3 rings (SSSR count). The van der Waals surface area contributed by atoms with Crippen LogP contribution in [0.15, 0.2) is 24.8 Å². The zero-order valence-electron chi connectivity index (χ0n) is 12.8. The molecule has 2 aromatic heterocycles. The van der Waals surface area contributed by atoms with Crippen LogP contribution >= 0.6 is 0 Å². The Bertz CT molecular complexity index is 804. The third kappa shape index (κ3) is 2.14. The van der Waals surface area contributed by atoms with Crippen molar-refractivity contribution >= 4 is 16.9 Å². The number of aromatic nitrogens is 4. The summed E-state index contributed by atoms with van der Waals surface area (Å²) in [7, 11) is 1.88. The van der Waals surface area contributed by atoms with E-state index in [-0.39, 0.29) is 0 Å². The number of hydrogen-bond acceptors (Lipinski definition) is 4. The third-order valence-electron chi connectivity index (χ3n) is 3.90. The molecule has 0 amide bonds. The van der Waals surface area contributed by atoms with E-state index in [0.717, 1.165) is 34.7 Å². The lowest BCUT2D eigenvalue weighted by Gasteiger charge is -2.12. The average molecular weight is 281 g/mol. The first-order valence-electron chi connectivity index (χ1n) is 7.12. The van der Waals surface area contributed by atoms with Crippen molar-refractivity contribution in [1.29, 1.82) is 0 Å². The van der Waals surface area contributed by atoms with Crippen LogP contribution in [0.5, 0.6) is 0 Å². The Morgan fingerprint density at radius 2 is 1.86 bits per heavy atom. The topological polar surface area (TPSA) is 55.6 Å². The molecule has 1 N–H and O–H groups in total. The second kappa shape index (κ2) is 5.16. The highest BCUT2D eigenvalue weighted by Gasteiger charge is 2.13. The van der Waals surface area contributed by atoms with Gasteiger partial charge in [0.15, 0.2) is 0 Å². The fraction of sp³-hybridized carbons (Fsp3) is 0.312.